The number of nitrogen functional groups attached to an aromatic ring is 1. The zero-order chi connectivity index (χ0) is 17.9. The van der Waals surface area contributed by atoms with Crippen LogP contribution in [0, 0.1) is 5.92 Å². The molecule has 0 spiro atoms. The standard InChI is InChI=1S/C19H23N5OS/c20-19-21-14(12-26-19)7-8-18(25)24-9-3-4-13(11-24)10-17-22-15-5-1-2-6-16(15)23-17/h1-2,5-6,12-13H,3-4,7-11H2,(H2,20,21)(H,22,23)/t13-/m1/s1. The Morgan fingerprint density at radius 3 is 3.04 bits per heavy atom. The van der Waals surface area contributed by atoms with Crippen molar-refractivity contribution >= 4 is 33.4 Å². The average molecular weight is 369 g/mol. The number of aromatic nitrogens is 3. The highest BCUT2D eigenvalue weighted by molar-refractivity contribution is 7.13. The van der Waals surface area contributed by atoms with E-state index in [4.69, 9.17) is 5.73 Å². The Balaban J connectivity index is 1.33. The molecule has 0 saturated carbocycles. The summed E-state index contributed by atoms with van der Waals surface area (Å²) in [7, 11) is 0. The van der Waals surface area contributed by atoms with Gasteiger partial charge in [0, 0.05) is 31.3 Å². The number of nitrogens with zero attached hydrogens (tertiary/aromatic N) is 3. The highest BCUT2D eigenvalue weighted by Gasteiger charge is 2.24. The lowest BCUT2D eigenvalue weighted by atomic mass is 9.94. The molecule has 1 amide bonds. The van der Waals surface area contributed by atoms with E-state index >= 15 is 0 Å². The smallest absolute Gasteiger partial charge is 0.222 e. The Morgan fingerprint density at radius 1 is 1.35 bits per heavy atom. The summed E-state index contributed by atoms with van der Waals surface area (Å²) in [6.07, 6.45) is 4.25. The van der Waals surface area contributed by atoms with Crippen LogP contribution in [-0.4, -0.2) is 38.8 Å². The topological polar surface area (TPSA) is 87.9 Å². The molecule has 3 heterocycles. The number of rotatable bonds is 5. The first-order chi connectivity index (χ1) is 12.7. The van der Waals surface area contributed by atoms with Crippen molar-refractivity contribution in [2.45, 2.75) is 32.1 Å². The lowest BCUT2D eigenvalue weighted by molar-refractivity contribution is -0.133. The monoisotopic (exact) mass is 369 g/mol. The first kappa shape index (κ1) is 17.0. The third kappa shape index (κ3) is 3.88. The predicted molar refractivity (Wildman–Crippen MR) is 104 cm³/mol. The van der Waals surface area contributed by atoms with E-state index in [1.807, 2.05) is 34.5 Å². The zero-order valence-electron chi connectivity index (χ0n) is 14.6. The van der Waals surface area contributed by atoms with E-state index in [1.54, 1.807) is 0 Å². The number of aromatic amines is 1. The number of benzene rings is 1. The normalized spacial score (nSPS) is 17.7. The molecular weight excluding hydrogens is 346 g/mol. The number of fused-ring (bicyclic) bond motifs is 1. The molecule has 1 aliphatic rings. The summed E-state index contributed by atoms with van der Waals surface area (Å²) in [5.74, 6) is 1.69. The lowest BCUT2D eigenvalue weighted by Gasteiger charge is -2.32. The van der Waals surface area contributed by atoms with Gasteiger partial charge in [-0.05, 0) is 37.3 Å². The molecule has 7 heteroatoms. The Kier molecular flexibility index (Phi) is 4.88. The summed E-state index contributed by atoms with van der Waals surface area (Å²) in [4.78, 5) is 26.9. The van der Waals surface area contributed by atoms with E-state index < -0.39 is 0 Å². The fraction of sp³-hybridized carbons (Fsp3) is 0.421. The van der Waals surface area contributed by atoms with Gasteiger partial charge < -0.3 is 15.6 Å². The number of carbonyl (C=O) groups excluding carboxylic acids is 1. The fourth-order valence-electron chi connectivity index (χ4n) is 3.66. The SMILES string of the molecule is Nc1nc(CCC(=O)N2CCC[C@H](Cc3nc4ccccc4[nH]3)C2)cs1. The zero-order valence-corrected chi connectivity index (χ0v) is 15.5. The van der Waals surface area contributed by atoms with Crippen molar-refractivity contribution in [1.82, 2.24) is 19.9 Å². The summed E-state index contributed by atoms with van der Waals surface area (Å²) < 4.78 is 0. The Labute approximate surface area is 156 Å². The van der Waals surface area contributed by atoms with Crippen LogP contribution in [0.25, 0.3) is 11.0 Å². The quantitative estimate of drug-likeness (QED) is 0.724. The molecule has 0 radical (unpaired) electrons. The number of anilines is 1. The van der Waals surface area contributed by atoms with Crippen LogP contribution in [0.2, 0.25) is 0 Å². The molecular formula is C19H23N5OS. The molecule has 0 unspecified atom stereocenters. The molecule has 1 aromatic carbocycles. The molecule has 1 saturated heterocycles. The van der Waals surface area contributed by atoms with Crippen molar-refractivity contribution in [2.24, 2.45) is 5.92 Å². The van der Waals surface area contributed by atoms with E-state index in [0.717, 1.165) is 54.9 Å². The van der Waals surface area contributed by atoms with Crippen molar-refractivity contribution in [3.8, 4) is 0 Å². The van der Waals surface area contributed by atoms with Crippen molar-refractivity contribution in [2.75, 3.05) is 18.8 Å². The van der Waals surface area contributed by atoms with Gasteiger partial charge in [-0.3, -0.25) is 4.79 Å². The van der Waals surface area contributed by atoms with Gasteiger partial charge in [0.25, 0.3) is 0 Å². The number of amides is 1. The number of likely N-dealkylation sites (tertiary alicyclic amines) is 1. The minimum absolute atomic E-state index is 0.214. The van der Waals surface area contributed by atoms with Crippen LogP contribution in [0.4, 0.5) is 5.13 Å². The van der Waals surface area contributed by atoms with Gasteiger partial charge in [0.05, 0.1) is 16.7 Å². The van der Waals surface area contributed by atoms with Gasteiger partial charge in [-0.2, -0.15) is 0 Å². The number of piperidine rings is 1. The molecule has 0 aliphatic carbocycles. The second-order valence-corrected chi connectivity index (χ2v) is 7.82. The molecule has 1 fully saturated rings. The highest BCUT2D eigenvalue weighted by atomic mass is 32.1. The number of thiazole rings is 1. The molecule has 1 aliphatic heterocycles. The number of hydrogen-bond donors (Lipinski definition) is 2. The van der Waals surface area contributed by atoms with Crippen molar-refractivity contribution < 1.29 is 4.79 Å². The molecule has 3 aromatic rings. The largest absolute Gasteiger partial charge is 0.375 e. The van der Waals surface area contributed by atoms with Gasteiger partial charge in [-0.1, -0.05) is 12.1 Å². The molecule has 6 nitrogen and oxygen atoms in total. The van der Waals surface area contributed by atoms with Crippen LogP contribution in [0.5, 0.6) is 0 Å². The maximum Gasteiger partial charge on any atom is 0.222 e. The third-order valence-corrected chi connectivity index (χ3v) is 5.68. The Bertz CT molecular complexity index is 869. The first-order valence-electron chi connectivity index (χ1n) is 9.08. The van der Waals surface area contributed by atoms with Crippen LogP contribution in [0.3, 0.4) is 0 Å². The van der Waals surface area contributed by atoms with Gasteiger partial charge in [0.2, 0.25) is 5.91 Å². The predicted octanol–water partition coefficient (Wildman–Crippen LogP) is 3.02. The molecule has 3 N–H and O–H groups in total. The van der Waals surface area contributed by atoms with E-state index in [2.05, 4.69) is 15.0 Å². The van der Waals surface area contributed by atoms with E-state index in [9.17, 15) is 4.79 Å². The number of hydrogen-bond acceptors (Lipinski definition) is 5. The fourth-order valence-corrected chi connectivity index (χ4v) is 4.26. The molecule has 2 aromatic heterocycles. The second-order valence-electron chi connectivity index (χ2n) is 6.93. The summed E-state index contributed by atoms with van der Waals surface area (Å²) in [6, 6.07) is 8.09. The number of imidazole rings is 1. The highest BCUT2D eigenvalue weighted by Crippen LogP contribution is 2.22. The first-order valence-corrected chi connectivity index (χ1v) is 9.96. The van der Waals surface area contributed by atoms with E-state index in [-0.39, 0.29) is 5.91 Å². The van der Waals surface area contributed by atoms with Crippen molar-refractivity contribution in [3.63, 3.8) is 0 Å². The minimum Gasteiger partial charge on any atom is -0.375 e. The molecule has 1 atom stereocenters. The van der Waals surface area contributed by atoms with Crippen molar-refractivity contribution in [1.29, 1.82) is 0 Å². The summed E-state index contributed by atoms with van der Waals surface area (Å²) >= 11 is 1.43. The summed E-state index contributed by atoms with van der Waals surface area (Å²) in [5, 5.41) is 2.50. The molecule has 136 valence electrons. The van der Waals surface area contributed by atoms with Gasteiger partial charge in [0.1, 0.15) is 5.82 Å². The van der Waals surface area contributed by atoms with Crippen LogP contribution in [0.1, 0.15) is 30.8 Å². The van der Waals surface area contributed by atoms with Crippen LogP contribution in [0.15, 0.2) is 29.6 Å². The number of aryl methyl sites for hydroxylation is 1. The van der Waals surface area contributed by atoms with Gasteiger partial charge >= 0.3 is 0 Å². The van der Waals surface area contributed by atoms with Crippen molar-refractivity contribution in [3.05, 3.63) is 41.2 Å². The summed E-state index contributed by atoms with van der Waals surface area (Å²) in [5.41, 5.74) is 8.65. The molecule has 26 heavy (non-hydrogen) atoms. The maximum atomic E-state index is 12.6. The van der Waals surface area contributed by atoms with Crippen LogP contribution >= 0.6 is 11.3 Å². The number of carbonyl (C=O) groups is 1. The van der Waals surface area contributed by atoms with Crippen LogP contribution in [-0.2, 0) is 17.6 Å². The van der Waals surface area contributed by atoms with Gasteiger partial charge in [0.15, 0.2) is 5.13 Å². The number of nitrogens with one attached hydrogen (secondary N) is 1. The lowest BCUT2D eigenvalue weighted by Crippen LogP contribution is -2.40. The number of nitrogens with two attached hydrogens (primary N) is 1. The minimum atomic E-state index is 0.214. The molecule has 4 rings (SSSR count). The van der Waals surface area contributed by atoms with Gasteiger partial charge in [-0.25, -0.2) is 9.97 Å². The van der Waals surface area contributed by atoms with Crippen LogP contribution < -0.4 is 5.73 Å². The summed E-state index contributed by atoms with van der Waals surface area (Å²) in [6.45, 7) is 1.67. The maximum absolute atomic E-state index is 12.6. The second kappa shape index (κ2) is 7.45. The third-order valence-electron chi connectivity index (χ3n) is 4.96. The number of para-hydroxylation sites is 2. The van der Waals surface area contributed by atoms with Gasteiger partial charge in [-0.15, -0.1) is 11.3 Å². The number of H-pyrrole nitrogens is 1. The Morgan fingerprint density at radius 2 is 2.23 bits per heavy atom. The van der Waals surface area contributed by atoms with E-state index in [1.165, 1.54) is 11.3 Å². The Hall–Kier alpha value is -2.41. The molecule has 0 bridgehead atoms. The van der Waals surface area contributed by atoms with E-state index in [0.29, 0.717) is 23.9 Å². The average Bonchev–Trinajstić information content (AvgIpc) is 3.25.